The zero-order chi connectivity index (χ0) is 59.9. The fourth-order valence-electron chi connectivity index (χ4n) is 9.01. The van der Waals surface area contributed by atoms with Crippen LogP contribution in [0.5, 0.6) is 0 Å². The Bertz CT molecular complexity index is 1840. The lowest BCUT2D eigenvalue weighted by molar-refractivity contribution is -0.167. The number of esters is 3. The standard InChI is InChI=1S/C77H124O6/c1-4-7-10-13-16-19-22-25-27-29-30-31-32-33-34-35-36-37-38-39-40-41-42-43-44-45-46-48-49-52-55-58-61-64-67-70-76(79)82-73-74(72-81-75(78)69-66-63-60-57-54-51-24-21-18-15-12-9-6-3)83-77(80)71-68-65-62-59-56-53-50-47-28-26-23-20-17-14-11-8-5-2/h7-8,10-11,16-17,19-20,25-28,30-31,33-34,36-37,39-40,42-43,45-46,50,53,74H,4-6,9,12-15,18,21-24,29,32,35,38,41,44,47-49,51-52,54-73H2,1-3H3/b10-7-,11-8-,19-16-,20-17-,27-25-,28-26-,31-30-,34-33-,37-36-,40-39-,43-42-,46-45-,53-50-. The van der Waals surface area contributed by atoms with Gasteiger partial charge in [0.15, 0.2) is 6.10 Å². The smallest absolute Gasteiger partial charge is 0.306 e. The van der Waals surface area contributed by atoms with Gasteiger partial charge in [-0.1, -0.05) is 301 Å². The monoisotopic (exact) mass is 1140 g/mol. The minimum atomic E-state index is -0.801. The average molecular weight is 1150 g/mol. The maximum atomic E-state index is 12.9. The molecule has 0 amide bonds. The molecule has 468 valence electrons. The summed E-state index contributed by atoms with van der Waals surface area (Å²) in [6, 6.07) is 0. The van der Waals surface area contributed by atoms with Gasteiger partial charge in [-0.3, -0.25) is 14.4 Å². The molecule has 0 heterocycles. The van der Waals surface area contributed by atoms with Crippen molar-refractivity contribution in [2.75, 3.05) is 13.2 Å². The van der Waals surface area contributed by atoms with Crippen LogP contribution in [0.25, 0.3) is 0 Å². The molecule has 6 nitrogen and oxygen atoms in total. The molecule has 1 atom stereocenters. The van der Waals surface area contributed by atoms with Crippen molar-refractivity contribution in [2.45, 2.75) is 297 Å². The van der Waals surface area contributed by atoms with Crippen molar-refractivity contribution >= 4 is 17.9 Å². The summed E-state index contributed by atoms with van der Waals surface area (Å²) in [5.74, 6) is -0.928. The van der Waals surface area contributed by atoms with E-state index in [1.165, 1.54) is 89.9 Å². The zero-order valence-corrected chi connectivity index (χ0v) is 53.7. The Morgan fingerprint density at radius 2 is 0.470 bits per heavy atom. The second-order valence-electron chi connectivity index (χ2n) is 22.0. The lowest BCUT2D eigenvalue weighted by Gasteiger charge is -2.18. The molecule has 0 aromatic carbocycles. The molecule has 0 aliphatic carbocycles. The molecule has 0 rings (SSSR count). The molecule has 0 saturated heterocycles. The third kappa shape index (κ3) is 67.7. The van der Waals surface area contributed by atoms with Crippen LogP contribution in [0.4, 0.5) is 0 Å². The molecule has 0 aromatic heterocycles. The third-order valence-corrected chi connectivity index (χ3v) is 14.0. The minimum Gasteiger partial charge on any atom is -0.462 e. The van der Waals surface area contributed by atoms with Crippen molar-refractivity contribution in [3.63, 3.8) is 0 Å². The van der Waals surface area contributed by atoms with Crippen LogP contribution in [-0.4, -0.2) is 37.2 Å². The Kier molecular flexibility index (Phi) is 65.4. The van der Waals surface area contributed by atoms with Crippen molar-refractivity contribution in [3.8, 4) is 0 Å². The topological polar surface area (TPSA) is 78.9 Å². The molecule has 0 fully saturated rings. The fraction of sp³-hybridized carbons (Fsp3) is 0.623. The highest BCUT2D eigenvalue weighted by molar-refractivity contribution is 5.71. The van der Waals surface area contributed by atoms with Gasteiger partial charge in [0.25, 0.3) is 0 Å². The first-order valence-electron chi connectivity index (χ1n) is 34.0. The van der Waals surface area contributed by atoms with E-state index in [9.17, 15) is 14.4 Å². The van der Waals surface area contributed by atoms with Gasteiger partial charge in [0.2, 0.25) is 0 Å². The van der Waals surface area contributed by atoms with Crippen LogP contribution < -0.4 is 0 Å². The Balaban J connectivity index is 4.32. The summed E-state index contributed by atoms with van der Waals surface area (Å²) < 4.78 is 16.9. The van der Waals surface area contributed by atoms with Crippen molar-refractivity contribution in [3.05, 3.63) is 158 Å². The lowest BCUT2D eigenvalue weighted by atomic mass is 10.0. The van der Waals surface area contributed by atoms with E-state index in [2.05, 4.69) is 179 Å². The summed E-state index contributed by atoms with van der Waals surface area (Å²) >= 11 is 0. The first-order valence-corrected chi connectivity index (χ1v) is 34.0. The molecule has 6 heteroatoms. The Morgan fingerprint density at radius 1 is 0.253 bits per heavy atom. The maximum absolute atomic E-state index is 12.9. The lowest BCUT2D eigenvalue weighted by Crippen LogP contribution is -2.30. The summed E-state index contributed by atoms with van der Waals surface area (Å²) in [6.45, 7) is 6.39. The zero-order valence-electron chi connectivity index (χ0n) is 53.7. The Labute approximate surface area is 511 Å². The van der Waals surface area contributed by atoms with Crippen LogP contribution in [0.15, 0.2) is 158 Å². The normalized spacial score (nSPS) is 13.1. The molecule has 0 bridgehead atoms. The predicted molar refractivity (Wildman–Crippen MR) is 362 cm³/mol. The number of carbonyl (C=O) groups is 3. The number of ether oxygens (including phenoxy) is 3. The molecule has 83 heavy (non-hydrogen) atoms. The number of carbonyl (C=O) groups excluding carboxylic acids is 3. The van der Waals surface area contributed by atoms with E-state index in [0.717, 1.165) is 161 Å². The molecule has 0 spiro atoms. The molecular weight excluding hydrogens is 1020 g/mol. The van der Waals surface area contributed by atoms with Crippen LogP contribution in [-0.2, 0) is 28.6 Å². The first-order chi connectivity index (χ1) is 41.0. The highest BCUT2D eigenvalue weighted by Gasteiger charge is 2.19. The van der Waals surface area contributed by atoms with Gasteiger partial charge in [-0.05, 0) is 128 Å². The van der Waals surface area contributed by atoms with Crippen molar-refractivity contribution in [1.82, 2.24) is 0 Å². The van der Waals surface area contributed by atoms with Crippen LogP contribution in [0.3, 0.4) is 0 Å². The average Bonchev–Trinajstić information content (AvgIpc) is 3.49. The van der Waals surface area contributed by atoms with Crippen molar-refractivity contribution in [2.24, 2.45) is 0 Å². The van der Waals surface area contributed by atoms with Gasteiger partial charge in [0, 0.05) is 19.3 Å². The van der Waals surface area contributed by atoms with E-state index in [0.29, 0.717) is 19.3 Å². The van der Waals surface area contributed by atoms with E-state index in [1.807, 2.05) is 0 Å². The Morgan fingerprint density at radius 3 is 0.735 bits per heavy atom. The minimum absolute atomic E-state index is 0.0941. The first kappa shape index (κ1) is 78.0. The second-order valence-corrected chi connectivity index (χ2v) is 22.0. The molecule has 0 aliphatic heterocycles. The van der Waals surface area contributed by atoms with E-state index >= 15 is 0 Å². The molecule has 0 saturated carbocycles. The van der Waals surface area contributed by atoms with Crippen molar-refractivity contribution < 1.29 is 28.6 Å². The number of rotatable bonds is 60. The summed E-state index contributed by atoms with van der Waals surface area (Å²) in [4.78, 5) is 38.3. The van der Waals surface area contributed by atoms with Gasteiger partial charge in [-0.2, -0.15) is 0 Å². The molecular formula is C77H124O6. The molecule has 0 N–H and O–H groups in total. The van der Waals surface area contributed by atoms with Crippen molar-refractivity contribution in [1.29, 1.82) is 0 Å². The van der Waals surface area contributed by atoms with Gasteiger partial charge in [-0.15, -0.1) is 0 Å². The molecule has 0 aromatic rings. The van der Waals surface area contributed by atoms with Gasteiger partial charge in [0.05, 0.1) is 0 Å². The van der Waals surface area contributed by atoms with Gasteiger partial charge in [0.1, 0.15) is 13.2 Å². The number of hydrogen-bond donors (Lipinski definition) is 0. The predicted octanol–water partition coefficient (Wildman–Crippen LogP) is 23.7. The van der Waals surface area contributed by atoms with Crippen LogP contribution in [0.2, 0.25) is 0 Å². The maximum Gasteiger partial charge on any atom is 0.306 e. The number of hydrogen-bond acceptors (Lipinski definition) is 6. The SMILES string of the molecule is CC/C=C\C/C=C\C/C=C\C/C=C\C/C=C\C/C=C\C/C=C\C/C=C\C/C=C\CCCCCCCCCC(=O)OCC(COC(=O)CCCCCCCCCCCCCCC)OC(=O)CCCCCC/C=C\C/C=C\C/C=C\C/C=C\CC. The summed E-state index contributed by atoms with van der Waals surface area (Å²) in [7, 11) is 0. The number of unbranched alkanes of at least 4 members (excludes halogenated alkanes) is 23. The molecule has 1 unspecified atom stereocenters. The molecule has 0 aliphatic rings. The van der Waals surface area contributed by atoms with Gasteiger partial charge >= 0.3 is 17.9 Å². The van der Waals surface area contributed by atoms with E-state index in [4.69, 9.17) is 14.2 Å². The molecule has 0 radical (unpaired) electrons. The van der Waals surface area contributed by atoms with Crippen LogP contribution in [0, 0.1) is 0 Å². The number of allylic oxidation sites excluding steroid dienone is 26. The van der Waals surface area contributed by atoms with Crippen LogP contribution >= 0.6 is 0 Å². The summed E-state index contributed by atoms with van der Waals surface area (Å²) in [6.07, 6.45) is 101. The largest absolute Gasteiger partial charge is 0.462 e. The quantitative estimate of drug-likeness (QED) is 0.0261. The van der Waals surface area contributed by atoms with Gasteiger partial charge < -0.3 is 14.2 Å². The van der Waals surface area contributed by atoms with E-state index in [-0.39, 0.29) is 31.1 Å². The highest BCUT2D eigenvalue weighted by Crippen LogP contribution is 2.15. The summed E-state index contributed by atoms with van der Waals surface area (Å²) in [5.41, 5.74) is 0. The van der Waals surface area contributed by atoms with E-state index < -0.39 is 6.10 Å². The van der Waals surface area contributed by atoms with Gasteiger partial charge in [-0.25, -0.2) is 0 Å². The summed E-state index contributed by atoms with van der Waals surface area (Å²) in [5, 5.41) is 0. The van der Waals surface area contributed by atoms with Crippen LogP contribution in [0.1, 0.15) is 290 Å². The Hall–Kier alpha value is -4.97. The third-order valence-electron chi connectivity index (χ3n) is 14.0. The highest BCUT2D eigenvalue weighted by atomic mass is 16.6. The van der Waals surface area contributed by atoms with E-state index in [1.54, 1.807) is 0 Å². The fourth-order valence-corrected chi connectivity index (χ4v) is 9.01. The second kappa shape index (κ2) is 69.5.